The van der Waals surface area contributed by atoms with Crippen LogP contribution >= 0.6 is 11.8 Å². The van der Waals surface area contributed by atoms with Crippen LogP contribution in [-0.2, 0) is 9.53 Å². The molecule has 1 amide bonds. The maximum Gasteiger partial charge on any atom is 0.407 e. The Kier molecular flexibility index (Phi) is 9.38. The highest BCUT2D eigenvalue weighted by molar-refractivity contribution is 7.98. The van der Waals surface area contributed by atoms with Gasteiger partial charge in [-0.25, -0.2) is 9.59 Å². The summed E-state index contributed by atoms with van der Waals surface area (Å²) >= 11 is 1.53. The van der Waals surface area contributed by atoms with E-state index in [1.807, 2.05) is 13.2 Å². The zero-order valence-corrected chi connectivity index (χ0v) is 15.0. The van der Waals surface area contributed by atoms with Crippen LogP contribution in [0.1, 0.15) is 26.2 Å². The van der Waals surface area contributed by atoms with Gasteiger partial charge in [0.15, 0.2) is 0 Å². The van der Waals surface area contributed by atoms with Crippen LogP contribution in [0.25, 0.3) is 0 Å². The normalized spacial score (nSPS) is 11.4. The molecule has 0 fully saturated rings. The minimum absolute atomic E-state index is 0.101. The molecule has 138 valence electrons. The van der Waals surface area contributed by atoms with E-state index in [0.29, 0.717) is 12.2 Å². The van der Waals surface area contributed by atoms with Crippen molar-refractivity contribution in [3.05, 3.63) is 34.4 Å². The number of nitrogens with zero attached hydrogens (tertiary/aromatic N) is 1. The van der Waals surface area contributed by atoms with Crippen molar-refractivity contribution in [1.82, 2.24) is 5.32 Å². The summed E-state index contributed by atoms with van der Waals surface area (Å²) in [4.78, 5) is 34.1. The number of ether oxygens (including phenoxy) is 2. The van der Waals surface area contributed by atoms with Gasteiger partial charge in [0.05, 0.1) is 11.5 Å². The Hall–Kier alpha value is -2.29. The lowest BCUT2D eigenvalue weighted by Gasteiger charge is -2.17. The van der Waals surface area contributed by atoms with E-state index in [9.17, 15) is 19.7 Å². The van der Waals surface area contributed by atoms with Gasteiger partial charge in [-0.1, -0.05) is 13.3 Å². The molecule has 0 spiro atoms. The van der Waals surface area contributed by atoms with Crippen LogP contribution in [0.15, 0.2) is 24.3 Å². The van der Waals surface area contributed by atoms with E-state index < -0.39 is 23.0 Å². The van der Waals surface area contributed by atoms with Gasteiger partial charge in [-0.05, 0) is 37.0 Å². The van der Waals surface area contributed by atoms with Gasteiger partial charge < -0.3 is 14.8 Å². The molecule has 25 heavy (non-hydrogen) atoms. The van der Waals surface area contributed by atoms with Gasteiger partial charge in [0.25, 0.3) is 5.69 Å². The largest absolute Gasteiger partial charge is 0.450 e. The Morgan fingerprint density at radius 2 is 2.00 bits per heavy atom. The van der Waals surface area contributed by atoms with Crippen molar-refractivity contribution in [2.75, 3.05) is 18.6 Å². The number of non-ortho nitro benzene ring substituents is 1. The first kappa shape index (κ1) is 20.8. The van der Waals surface area contributed by atoms with Crippen LogP contribution in [-0.4, -0.2) is 41.6 Å². The molecule has 0 aliphatic rings. The number of unbranched alkanes of at least 4 members (excludes halogenated alkanes) is 1. The summed E-state index contributed by atoms with van der Waals surface area (Å²) in [5.74, 6) is 0.177. The maximum absolute atomic E-state index is 12.3. The molecule has 1 aromatic rings. The molecule has 0 aliphatic heterocycles. The lowest BCUT2D eigenvalue weighted by molar-refractivity contribution is -0.384. The number of esters is 1. The Bertz CT molecular complexity index is 578. The van der Waals surface area contributed by atoms with Crippen molar-refractivity contribution in [3.8, 4) is 5.75 Å². The third-order valence-corrected chi connectivity index (χ3v) is 3.83. The first-order chi connectivity index (χ1) is 12.0. The number of rotatable bonds is 10. The third-order valence-electron chi connectivity index (χ3n) is 3.18. The number of carbonyl (C=O) groups excluding carboxylic acids is 2. The van der Waals surface area contributed by atoms with Crippen molar-refractivity contribution in [2.24, 2.45) is 0 Å². The van der Waals surface area contributed by atoms with Gasteiger partial charge in [-0.2, -0.15) is 11.8 Å². The van der Waals surface area contributed by atoms with Gasteiger partial charge in [-0.3, -0.25) is 10.1 Å². The number of carbonyl (C=O) groups is 2. The highest BCUT2D eigenvalue weighted by Gasteiger charge is 2.23. The maximum atomic E-state index is 12.3. The monoisotopic (exact) mass is 370 g/mol. The number of amides is 1. The fourth-order valence-corrected chi connectivity index (χ4v) is 2.27. The summed E-state index contributed by atoms with van der Waals surface area (Å²) < 4.78 is 10.2. The Labute approximate surface area is 150 Å². The van der Waals surface area contributed by atoms with Crippen molar-refractivity contribution in [1.29, 1.82) is 0 Å². The van der Waals surface area contributed by atoms with Crippen LogP contribution in [0, 0.1) is 10.1 Å². The van der Waals surface area contributed by atoms with Crippen molar-refractivity contribution < 1.29 is 24.0 Å². The zero-order valence-electron chi connectivity index (χ0n) is 14.2. The number of nitro benzene ring substituents is 1. The topological polar surface area (TPSA) is 108 Å². The molecule has 0 bridgehead atoms. The number of nitrogens with one attached hydrogen (secondary N) is 1. The van der Waals surface area contributed by atoms with Crippen LogP contribution in [0.3, 0.4) is 0 Å². The molecule has 9 heteroatoms. The van der Waals surface area contributed by atoms with E-state index in [4.69, 9.17) is 9.47 Å². The van der Waals surface area contributed by atoms with E-state index in [0.717, 1.165) is 12.8 Å². The summed E-state index contributed by atoms with van der Waals surface area (Å²) in [6.07, 6.45) is 3.25. The highest BCUT2D eigenvalue weighted by Crippen LogP contribution is 2.18. The lowest BCUT2D eigenvalue weighted by Crippen LogP contribution is -2.43. The second-order valence-electron chi connectivity index (χ2n) is 5.14. The molecule has 0 saturated heterocycles. The van der Waals surface area contributed by atoms with E-state index >= 15 is 0 Å². The molecular formula is C16H22N2O6S. The van der Waals surface area contributed by atoms with Gasteiger partial charge >= 0.3 is 12.1 Å². The van der Waals surface area contributed by atoms with Gasteiger partial charge in [-0.15, -0.1) is 0 Å². The number of hydrogen-bond donors (Lipinski definition) is 1. The SMILES string of the molecule is CCCCOC(=O)N[C@@H](CCSC)C(=O)Oc1ccc([N+](=O)[O-])cc1. The molecule has 1 N–H and O–H groups in total. The average molecular weight is 370 g/mol. The van der Waals surface area contributed by atoms with Gasteiger partial charge in [0, 0.05) is 12.1 Å². The van der Waals surface area contributed by atoms with Crippen molar-refractivity contribution >= 4 is 29.5 Å². The Balaban J connectivity index is 2.65. The summed E-state index contributed by atoms with van der Waals surface area (Å²) in [5.41, 5.74) is -0.101. The predicted molar refractivity (Wildman–Crippen MR) is 94.9 cm³/mol. The zero-order chi connectivity index (χ0) is 18.7. The third kappa shape index (κ3) is 7.88. The fourth-order valence-electron chi connectivity index (χ4n) is 1.80. The molecule has 0 radical (unpaired) electrons. The molecule has 1 rings (SSSR count). The first-order valence-electron chi connectivity index (χ1n) is 7.86. The van der Waals surface area contributed by atoms with E-state index in [-0.39, 0.29) is 18.0 Å². The van der Waals surface area contributed by atoms with Crippen LogP contribution in [0.5, 0.6) is 5.75 Å². The summed E-state index contributed by atoms with van der Waals surface area (Å²) in [7, 11) is 0. The summed E-state index contributed by atoms with van der Waals surface area (Å²) in [5, 5.41) is 13.1. The molecular weight excluding hydrogens is 348 g/mol. The molecule has 1 aromatic carbocycles. The van der Waals surface area contributed by atoms with E-state index in [2.05, 4.69) is 5.32 Å². The molecule has 0 aromatic heterocycles. The van der Waals surface area contributed by atoms with Crippen molar-refractivity contribution in [3.63, 3.8) is 0 Å². The number of nitro groups is 1. The standard InChI is InChI=1S/C16H22N2O6S/c1-3-4-10-23-16(20)17-14(9-11-25-2)15(19)24-13-7-5-12(6-8-13)18(21)22/h5-8,14H,3-4,9-11H2,1-2H3,(H,17,20)/t14-/m0/s1. The number of thioether (sulfide) groups is 1. The van der Waals surface area contributed by atoms with E-state index in [1.165, 1.54) is 36.0 Å². The quantitative estimate of drug-likeness (QED) is 0.222. The minimum Gasteiger partial charge on any atom is -0.450 e. The number of hydrogen-bond acceptors (Lipinski definition) is 7. The number of benzene rings is 1. The van der Waals surface area contributed by atoms with Gasteiger partial charge in [0.1, 0.15) is 11.8 Å². The molecule has 1 atom stereocenters. The molecule has 0 heterocycles. The number of alkyl carbamates (subject to hydrolysis) is 1. The molecule has 0 aliphatic carbocycles. The summed E-state index contributed by atoms with van der Waals surface area (Å²) in [6, 6.07) is 4.30. The lowest BCUT2D eigenvalue weighted by atomic mass is 10.2. The second kappa shape index (κ2) is 11.3. The van der Waals surface area contributed by atoms with Crippen LogP contribution < -0.4 is 10.1 Å². The summed E-state index contributed by atoms with van der Waals surface area (Å²) in [6.45, 7) is 2.26. The van der Waals surface area contributed by atoms with Gasteiger partial charge in [0.2, 0.25) is 0 Å². The highest BCUT2D eigenvalue weighted by atomic mass is 32.2. The Morgan fingerprint density at radius 3 is 2.56 bits per heavy atom. The van der Waals surface area contributed by atoms with Crippen LogP contribution in [0.2, 0.25) is 0 Å². The molecule has 0 saturated carbocycles. The minimum atomic E-state index is -0.850. The first-order valence-corrected chi connectivity index (χ1v) is 9.25. The smallest absolute Gasteiger partial charge is 0.407 e. The van der Waals surface area contributed by atoms with Crippen molar-refractivity contribution in [2.45, 2.75) is 32.2 Å². The molecule has 8 nitrogen and oxygen atoms in total. The van der Waals surface area contributed by atoms with Crippen LogP contribution in [0.4, 0.5) is 10.5 Å². The van der Waals surface area contributed by atoms with E-state index in [1.54, 1.807) is 0 Å². The second-order valence-corrected chi connectivity index (χ2v) is 6.13. The predicted octanol–water partition coefficient (Wildman–Crippen LogP) is 3.15. The fraction of sp³-hybridized carbons (Fsp3) is 0.500. The Morgan fingerprint density at radius 1 is 1.32 bits per heavy atom. The molecule has 0 unspecified atom stereocenters. The average Bonchev–Trinajstić information content (AvgIpc) is 2.59.